The second-order valence-corrected chi connectivity index (χ2v) is 4.52. The quantitative estimate of drug-likeness (QED) is 0.626. The summed E-state index contributed by atoms with van der Waals surface area (Å²) in [6.45, 7) is 1.42. The molecule has 0 saturated heterocycles. The van der Waals surface area contributed by atoms with Crippen LogP contribution in [0.4, 0.5) is 0 Å². The summed E-state index contributed by atoms with van der Waals surface area (Å²) in [6, 6.07) is 9.44. The number of rotatable bonds is 7. The van der Waals surface area contributed by atoms with Gasteiger partial charge in [0.2, 0.25) is 5.91 Å². The summed E-state index contributed by atoms with van der Waals surface area (Å²) in [7, 11) is 1.62. The lowest BCUT2D eigenvalue weighted by Crippen LogP contribution is -2.23. The van der Waals surface area contributed by atoms with E-state index < -0.39 is 0 Å². The molecule has 0 aliphatic rings. The lowest BCUT2D eigenvalue weighted by Gasteiger charge is -2.03. The summed E-state index contributed by atoms with van der Waals surface area (Å²) in [5.74, 6) is 0.676. The van der Waals surface area contributed by atoms with Gasteiger partial charge in [0.25, 0.3) is 0 Å². The molecule has 0 spiro atoms. The fourth-order valence-electron chi connectivity index (χ4n) is 1.86. The van der Waals surface area contributed by atoms with Gasteiger partial charge < -0.3 is 10.1 Å². The minimum atomic E-state index is -0.0988. The maximum absolute atomic E-state index is 11.7. The number of methoxy groups -OCH3 is 1. The number of ether oxygens (including phenoxy) is 1. The lowest BCUT2D eigenvalue weighted by molar-refractivity contribution is -0.116. The van der Waals surface area contributed by atoms with Crippen LogP contribution in [0.2, 0.25) is 0 Å². The Balaban J connectivity index is 1.72. The number of nitrogens with one attached hydrogen (secondary N) is 1. The second-order valence-electron chi connectivity index (χ2n) is 4.52. The molecule has 0 bridgehead atoms. The Morgan fingerprint density at radius 1 is 1.43 bits per heavy atom. The maximum Gasteiger partial charge on any atom is 0.244 e. The summed E-state index contributed by atoms with van der Waals surface area (Å²) in [5.41, 5.74) is 0.932. The van der Waals surface area contributed by atoms with Crippen molar-refractivity contribution in [1.82, 2.24) is 15.1 Å². The zero-order chi connectivity index (χ0) is 14.9. The molecule has 0 unspecified atom stereocenters. The fourth-order valence-corrected chi connectivity index (χ4v) is 1.86. The predicted octanol–water partition coefficient (Wildman–Crippen LogP) is 2.11. The smallest absolute Gasteiger partial charge is 0.244 e. The molecule has 1 amide bonds. The monoisotopic (exact) mass is 285 g/mol. The van der Waals surface area contributed by atoms with E-state index >= 15 is 0 Å². The molecule has 1 aromatic heterocycles. The van der Waals surface area contributed by atoms with Crippen LogP contribution in [0.1, 0.15) is 12.0 Å². The van der Waals surface area contributed by atoms with Gasteiger partial charge in [0.05, 0.1) is 7.11 Å². The molecule has 2 aromatic rings. The van der Waals surface area contributed by atoms with E-state index in [1.165, 1.54) is 6.08 Å². The number of carbonyl (C=O) groups is 1. The van der Waals surface area contributed by atoms with E-state index in [-0.39, 0.29) is 5.91 Å². The van der Waals surface area contributed by atoms with Crippen LogP contribution in [0.25, 0.3) is 6.08 Å². The van der Waals surface area contributed by atoms with E-state index in [2.05, 4.69) is 10.4 Å². The summed E-state index contributed by atoms with van der Waals surface area (Å²) in [6.07, 6.45) is 7.80. The Hall–Kier alpha value is -2.56. The molecule has 0 aliphatic heterocycles. The molecule has 1 N–H and O–H groups in total. The van der Waals surface area contributed by atoms with Crippen molar-refractivity contribution in [3.05, 3.63) is 54.4 Å². The molecular formula is C16H19N3O2. The third-order valence-corrected chi connectivity index (χ3v) is 2.94. The van der Waals surface area contributed by atoms with Crippen LogP contribution in [0.5, 0.6) is 5.75 Å². The van der Waals surface area contributed by atoms with Gasteiger partial charge in [-0.05, 0) is 36.3 Å². The van der Waals surface area contributed by atoms with Crippen LogP contribution in [0.15, 0.2) is 48.8 Å². The lowest BCUT2D eigenvalue weighted by atomic mass is 10.2. The summed E-state index contributed by atoms with van der Waals surface area (Å²) in [4.78, 5) is 11.7. The highest BCUT2D eigenvalue weighted by Crippen LogP contribution is 2.13. The highest BCUT2D eigenvalue weighted by atomic mass is 16.5. The molecule has 2 rings (SSSR count). The van der Waals surface area contributed by atoms with Gasteiger partial charge in [-0.25, -0.2) is 0 Å². The zero-order valence-corrected chi connectivity index (χ0v) is 12.0. The van der Waals surface area contributed by atoms with Crippen molar-refractivity contribution in [3.63, 3.8) is 0 Å². The molecule has 0 aliphatic carbocycles. The highest BCUT2D eigenvalue weighted by molar-refractivity contribution is 5.91. The van der Waals surface area contributed by atoms with Gasteiger partial charge in [0.15, 0.2) is 0 Å². The van der Waals surface area contributed by atoms with Crippen LogP contribution >= 0.6 is 0 Å². The number of benzene rings is 1. The van der Waals surface area contributed by atoms with Gasteiger partial charge in [-0.15, -0.1) is 0 Å². The van der Waals surface area contributed by atoms with E-state index in [1.807, 2.05) is 41.2 Å². The van der Waals surface area contributed by atoms with Gasteiger partial charge in [-0.1, -0.05) is 12.1 Å². The van der Waals surface area contributed by atoms with E-state index in [9.17, 15) is 4.79 Å². The van der Waals surface area contributed by atoms with Crippen molar-refractivity contribution in [2.75, 3.05) is 13.7 Å². The van der Waals surface area contributed by atoms with E-state index in [1.54, 1.807) is 19.4 Å². The van der Waals surface area contributed by atoms with Gasteiger partial charge in [-0.3, -0.25) is 9.48 Å². The summed E-state index contributed by atoms with van der Waals surface area (Å²) in [5, 5.41) is 6.95. The summed E-state index contributed by atoms with van der Waals surface area (Å²) < 4.78 is 6.98. The van der Waals surface area contributed by atoms with Crippen LogP contribution in [-0.2, 0) is 11.3 Å². The number of aromatic nitrogens is 2. The SMILES string of the molecule is COc1cccc(/C=C/C(=O)NCCCn2cccn2)c1. The molecule has 5 nitrogen and oxygen atoms in total. The molecule has 1 heterocycles. The number of hydrogen-bond acceptors (Lipinski definition) is 3. The predicted molar refractivity (Wildman–Crippen MR) is 81.9 cm³/mol. The number of carbonyl (C=O) groups excluding carboxylic acids is 1. The first-order valence-electron chi connectivity index (χ1n) is 6.85. The minimum Gasteiger partial charge on any atom is -0.497 e. The Bertz CT molecular complexity index is 591. The average Bonchev–Trinajstić information content (AvgIpc) is 3.03. The standard InChI is InChI=1S/C16H19N3O2/c1-21-15-6-2-5-14(13-15)7-8-16(20)17-9-3-11-19-12-4-10-18-19/h2,4-8,10,12-13H,3,9,11H2,1H3,(H,17,20)/b8-7+. The highest BCUT2D eigenvalue weighted by Gasteiger charge is 1.97. The zero-order valence-electron chi connectivity index (χ0n) is 12.0. The third kappa shape index (κ3) is 5.14. The van der Waals surface area contributed by atoms with Crippen LogP contribution in [0, 0.1) is 0 Å². The minimum absolute atomic E-state index is 0.0988. The second kappa shape index (κ2) is 7.89. The first-order valence-corrected chi connectivity index (χ1v) is 6.85. The van der Waals surface area contributed by atoms with Crippen molar-refractivity contribution < 1.29 is 9.53 Å². The molecule has 21 heavy (non-hydrogen) atoms. The molecule has 110 valence electrons. The molecule has 5 heteroatoms. The van der Waals surface area contributed by atoms with Crippen LogP contribution < -0.4 is 10.1 Å². The van der Waals surface area contributed by atoms with Crippen molar-refractivity contribution in [3.8, 4) is 5.75 Å². The number of hydrogen-bond donors (Lipinski definition) is 1. The van der Waals surface area contributed by atoms with Crippen LogP contribution in [-0.4, -0.2) is 29.3 Å². The molecule has 1 aromatic carbocycles. The van der Waals surface area contributed by atoms with Gasteiger partial charge in [0.1, 0.15) is 5.75 Å². The topological polar surface area (TPSA) is 56.1 Å². The Morgan fingerprint density at radius 3 is 3.10 bits per heavy atom. The molecule has 0 atom stereocenters. The molecular weight excluding hydrogens is 266 g/mol. The molecule has 0 saturated carbocycles. The van der Waals surface area contributed by atoms with Crippen molar-refractivity contribution in [2.24, 2.45) is 0 Å². The van der Waals surface area contributed by atoms with Crippen molar-refractivity contribution >= 4 is 12.0 Å². The van der Waals surface area contributed by atoms with E-state index in [4.69, 9.17) is 4.74 Å². The van der Waals surface area contributed by atoms with Gasteiger partial charge in [-0.2, -0.15) is 5.10 Å². The molecule has 0 fully saturated rings. The van der Waals surface area contributed by atoms with Gasteiger partial charge >= 0.3 is 0 Å². The van der Waals surface area contributed by atoms with E-state index in [0.29, 0.717) is 6.54 Å². The number of amides is 1. The Kier molecular flexibility index (Phi) is 5.58. The third-order valence-electron chi connectivity index (χ3n) is 2.94. The summed E-state index contributed by atoms with van der Waals surface area (Å²) >= 11 is 0. The maximum atomic E-state index is 11.7. The fraction of sp³-hybridized carbons (Fsp3) is 0.250. The first-order chi connectivity index (χ1) is 10.3. The average molecular weight is 285 g/mol. The normalized spacial score (nSPS) is 10.7. The van der Waals surface area contributed by atoms with Crippen molar-refractivity contribution in [1.29, 1.82) is 0 Å². The number of aryl methyl sites for hydroxylation is 1. The Morgan fingerprint density at radius 2 is 2.33 bits per heavy atom. The van der Waals surface area contributed by atoms with Gasteiger partial charge in [0, 0.05) is 31.6 Å². The van der Waals surface area contributed by atoms with Crippen molar-refractivity contribution in [2.45, 2.75) is 13.0 Å². The van der Waals surface area contributed by atoms with Crippen LogP contribution in [0.3, 0.4) is 0 Å². The first kappa shape index (κ1) is 14.8. The largest absolute Gasteiger partial charge is 0.497 e. The molecule has 0 radical (unpaired) electrons. The Labute approximate surface area is 124 Å². The van der Waals surface area contributed by atoms with E-state index in [0.717, 1.165) is 24.3 Å². The number of nitrogens with zero attached hydrogens (tertiary/aromatic N) is 2.